The van der Waals surface area contributed by atoms with Gasteiger partial charge in [0.25, 0.3) is 5.91 Å². The number of carbonyl (C=O) groups excluding carboxylic acids is 1. The topological polar surface area (TPSA) is 94.2 Å². The lowest BCUT2D eigenvalue weighted by Gasteiger charge is -2.46. The Bertz CT molecular complexity index is 1500. The predicted molar refractivity (Wildman–Crippen MR) is 169 cm³/mol. The van der Waals surface area contributed by atoms with Gasteiger partial charge in [-0.15, -0.1) is 4.36 Å². The van der Waals surface area contributed by atoms with Crippen molar-refractivity contribution < 1.29 is 18.5 Å². The summed E-state index contributed by atoms with van der Waals surface area (Å²) in [6.45, 7) is 4.21. The number of anilines is 1. The molecule has 6 atom stereocenters. The maximum Gasteiger partial charge on any atom is 0.286 e. The molecular weight excluding hydrogens is 570 g/mol. The van der Waals surface area contributed by atoms with Crippen molar-refractivity contribution >= 4 is 33.1 Å². The number of fused-ring (bicyclic) bond motifs is 4. The fourth-order valence-electron chi connectivity index (χ4n) is 7.51. The Morgan fingerprint density at radius 1 is 1.24 bits per heavy atom. The maximum atomic E-state index is 13.4. The summed E-state index contributed by atoms with van der Waals surface area (Å²) >= 11 is 6.41. The number of halogens is 1. The smallest absolute Gasteiger partial charge is 0.286 e. The fourth-order valence-corrected chi connectivity index (χ4v) is 9.21. The summed E-state index contributed by atoms with van der Waals surface area (Å²) in [6.07, 6.45) is 11.2. The number of allylic oxidation sites excluding steroid dienone is 1. The molecule has 6 rings (SSSR count). The zero-order chi connectivity index (χ0) is 29.5. The number of amides is 1. The molecule has 2 aromatic rings. The lowest BCUT2D eigenvalue weighted by molar-refractivity contribution is 0.0131. The minimum Gasteiger partial charge on any atom is -0.490 e. The van der Waals surface area contributed by atoms with E-state index in [0.29, 0.717) is 24.0 Å². The van der Waals surface area contributed by atoms with Gasteiger partial charge >= 0.3 is 0 Å². The SMILES string of the molecule is CC[C@H]1C/C=C/[C@H](OC)[C@@H]2CC[C@H]2CN2C[C@@]3(CCCc4cc(Cl)ccc43)COc3ccc(cc32)C(=O)N=[S@@](N)(=O)C1. The molecule has 226 valence electrons. The first-order chi connectivity index (χ1) is 20.2. The molecule has 2 heterocycles. The van der Waals surface area contributed by atoms with Crippen LogP contribution in [0.4, 0.5) is 5.69 Å². The van der Waals surface area contributed by atoms with Crippen molar-refractivity contribution in [2.24, 2.45) is 27.3 Å². The number of hydrogen-bond acceptors (Lipinski definition) is 5. The van der Waals surface area contributed by atoms with Gasteiger partial charge in [0.2, 0.25) is 0 Å². The van der Waals surface area contributed by atoms with Crippen molar-refractivity contribution in [3.05, 3.63) is 70.3 Å². The molecule has 42 heavy (non-hydrogen) atoms. The lowest BCUT2D eigenvalue weighted by atomic mass is 9.68. The van der Waals surface area contributed by atoms with Gasteiger partial charge in [0.05, 0.1) is 18.4 Å². The van der Waals surface area contributed by atoms with Gasteiger partial charge in [-0.3, -0.25) is 4.79 Å². The van der Waals surface area contributed by atoms with Crippen molar-refractivity contribution in [2.75, 3.05) is 37.5 Å². The third-order valence-electron chi connectivity index (χ3n) is 9.99. The highest BCUT2D eigenvalue weighted by Crippen LogP contribution is 2.47. The van der Waals surface area contributed by atoms with E-state index < -0.39 is 15.8 Å². The monoisotopic (exact) mass is 611 g/mol. The Kier molecular flexibility index (Phi) is 8.44. The Morgan fingerprint density at radius 2 is 2.10 bits per heavy atom. The van der Waals surface area contributed by atoms with E-state index in [2.05, 4.69) is 40.5 Å². The fraction of sp³-hybridized carbons (Fsp3) is 0.545. The highest BCUT2D eigenvalue weighted by Gasteiger charge is 2.44. The number of rotatable bonds is 2. The molecule has 1 amide bonds. The van der Waals surface area contributed by atoms with Gasteiger partial charge in [-0.1, -0.05) is 43.2 Å². The van der Waals surface area contributed by atoms with Crippen molar-refractivity contribution in [3.63, 3.8) is 0 Å². The van der Waals surface area contributed by atoms with Crippen LogP contribution in [-0.4, -0.2) is 48.8 Å². The summed E-state index contributed by atoms with van der Waals surface area (Å²) in [7, 11) is -1.40. The molecule has 4 aliphatic rings. The van der Waals surface area contributed by atoms with Crippen LogP contribution in [0.5, 0.6) is 5.75 Å². The number of nitrogens with two attached hydrogens (primary N) is 1. The van der Waals surface area contributed by atoms with E-state index in [0.717, 1.165) is 74.5 Å². The van der Waals surface area contributed by atoms with Gasteiger partial charge in [-0.25, -0.2) is 9.35 Å². The van der Waals surface area contributed by atoms with E-state index in [-0.39, 0.29) is 23.2 Å². The van der Waals surface area contributed by atoms with Gasteiger partial charge in [-0.2, -0.15) is 0 Å². The first-order valence-corrected chi connectivity index (χ1v) is 17.4. The molecule has 1 fully saturated rings. The van der Waals surface area contributed by atoms with Gasteiger partial charge in [0.1, 0.15) is 15.7 Å². The maximum absolute atomic E-state index is 13.4. The number of carbonyl (C=O) groups is 1. The van der Waals surface area contributed by atoms with Crippen molar-refractivity contribution in [3.8, 4) is 5.75 Å². The van der Waals surface area contributed by atoms with Crippen LogP contribution in [0, 0.1) is 17.8 Å². The second kappa shape index (κ2) is 11.9. The van der Waals surface area contributed by atoms with Crippen LogP contribution in [0.1, 0.15) is 66.9 Å². The van der Waals surface area contributed by atoms with E-state index in [4.69, 9.17) is 26.2 Å². The number of methoxy groups -OCH3 is 1. The van der Waals surface area contributed by atoms with Gasteiger partial charge in [0.15, 0.2) is 0 Å². The zero-order valence-corrected chi connectivity index (χ0v) is 26.2. The first kappa shape index (κ1) is 29.7. The third kappa shape index (κ3) is 5.88. The number of ether oxygens (including phenoxy) is 2. The average molecular weight is 612 g/mol. The molecule has 7 nitrogen and oxygen atoms in total. The second-order valence-corrected chi connectivity index (χ2v) is 15.0. The highest BCUT2D eigenvalue weighted by molar-refractivity contribution is 7.91. The average Bonchev–Trinajstić information content (AvgIpc) is 3.10. The summed E-state index contributed by atoms with van der Waals surface area (Å²) in [5, 5.41) is 6.92. The molecule has 0 unspecified atom stereocenters. The van der Waals surface area contributed by atoms with Crippen LogP contribution in [0.25, 0.3) is 0 Å². The highest BCUT2D eigenvalue weighted by atomic mass is 35.5. The van der Waals surface area contributed by atoms with Crippen LogP contribution in [-0.2, 0) is 26.5 Å². The number of aryl methyl sites for hydroxylation is 1. The minimum atomic E-state index is -3.19. The molecular formula is C33H42ClN3O4S. The number of benzene rings is 2. The minimum absolute atomic E-state index is 0.0169. The molecule has 0 aromatic heterocycles. The Hall–Kier alpha value is -2.39. The molecule has 2 bridgehead atoms. The number of hydrogen-bond donors (Lipinski definition) is 1. The van der Waals surface area contributed by atoms with Crippen molar-refractivity contribution in [1.82, 2.24) is 0 Å². The molecule has 2 N–H and O–H groups in total. The Labute approximate surface area is 255 Å². The lowest BCUT2D eigenvalue weighted by Crippen LogP contribution is -2.49. The van der Waals surface area contributed by atoms with E-state index in [1.165, 1.54) is 11.1 Å². The standard InChI is InChI=1S/C33H42ClN3O4S/c1-3-22-6-4-8-30(40-2)27-12-9-25(27)18-37-20-33(15-5-7-23-16-26(34)11-13-28(23)33)21-41-31-14-10-24(17-29(31)37)32(38)36-42(35,39)19-22/h4,8,10-11,13-14,16-17,22,25,27,30H,3,5-7,9,12,15,18-21H2,1-2H3,(H2,35,36,38,39)/b8-4+/t22-,25-,27+,30-,33-,42+/m0/s1. The Balaban J connectivity index is 1.44. The van der Waals surface area contributed by atoms with Crippen LogP contribution in [0.2, 0.25) is 5.02 Å². The number of nitrogens with zero attached hydrogens (tertiary/aromatic N) is 2. The summed E-state index contributed by atoms with van der Waals surface area (Å²) < 4.78 is 30.0. The molecule has 2 aromatic carbocycles. The normalized spacial score (nSPS) is 33.8. The van der Waals surface area contributed by atoms with E-state index in [1.54, 1.807) is 13.2 Å². The second-order valence-electron chi connectivity index (χ2n) is 12.7. The Morgan fingerprint density at radius 3 is 2.86 bits per heavy atom. The van der Waals surface area contributed by atoms with Crippen LogP contribution in [0.15, 0.2) is 52.9 Å². The summed E-state index contributed by atoms with van der Waals surface area (Å²) in [5.74, 6) is 1.30. The quantitative estimate of drug-likeness (QED) is 0.401. The molecule has 2 aliphatic carbocycles. The summed E-state index contributed by atoms with van der Waals surface area (Å²) in [6, 6.07) is 11.7. The van der Waals surface area contributed by atoms with Crippen LogP contribution in [0.3, 0.4) is 0 Å². The van der Waals surface area contributed by atoms with Crippen LogP contribution >= 0.6 is 11.6 Å². The summed E-state index contributed by atoms with van der Waals surface area (Å²) in [5.41, 5.74) is 3.66. The van der Waals surface area contributed by atoms with E-state index in [9.17, 15) is 9.00 Å². The van der Waals surface area contributed by atoms with Crippen molar-refractivity contribution in [1.29, 1.82) is 0 Å². The largest absolute Gasteiger partial charge is 0.490 e. The van der Waals surface area contributed by atoms with Gasteiger partial charge in [-0.05, 0) is 97.7 Å². The first-order valence-electron chi connectivity index (χ1n) is 15.3. The molecule has 1 saturated carbocycles. The zero-order valence-electron chi connectivity index (χ0n) is 24.6. The van der Waals surface area contributed by atoms with E-state index in [1.807, 2.05) is 18.2 Å². The molecule has 9 heteroatoms. The van der Waals surface area contributed by atoms with Gasteiger partial charge in [0, 0.05) is 42.0 Å². The summed E-state index contributed by atoms with van der Waals surface area (Å²) in [4.78, 5) is 15.8. The third-order valence-corrected chi connectivity index (χ3v) is 11.7. The van der Waals surface area contributed by atoms with Gasteiger partial charge < -0.3 is 14.4 Å². The molecule has 2 aliphatic heterocycles. The van der Waals surface area contributed by atoms with E-state index >= 15 is 0 Å². The van der Waals surface area contributed by atoms with Crippen molar-refractivity contribution in [2.45, 2.75) is 63.4 Å². The molecule has 0 radical (unpaired) electrons. The molecule has 1 spiro atoms. The van der Waals surface area contributed by atoms with Crippen LogP contribution < -0.4 is 14.8 Å². The predicted octanol–water partition coefficient (Wildman–Crippen LogP) is 6.32. The molecule has 0 saturated heterocycles.